The van der Waals surface area contributed by atoms with Crippen LogP contribution in [-0.4, -0.2) is 17.5 Å². The molecule has 3 heterocycles. The molecule has 0 bridgehead atoms. The fraction of sp³-hybridized carbons (Fsp3) is 0.300. The third-order valence-corrected chi connectivity index (χ3v) is 5.69. The van der Waals surface area contributed by atoms with Crippen molar-refractivity contribution in [3.63, 3.8) is 0 Å². The predicted molar refractivity (Wildman–Crippen MR) is 100 cm³/mol. The standard InChI is InChI=1S/C20H20N2O2S/c1-12(2)17-18-16(8-5-10-21-18)25-19(17)20(23)22-14-9-11-24-15-7-4-3-6-13(14)15/h3-8,10,12,14H,9,11H2,1-2H3,(H,22,23). The van der Waals surface area contributed by atoms with Gasteiger partial charge in [-0.15, -0.1) is 11.3 Å². The highest BCUT2D eigenvalue weighted by molar-refractivity contribution is 7.21. The molecule has 5 heteroatoms. The van der Waals surface area contributed by atoms with E-state index in [-0.39, 0.29) is 17.9 Å². The Labute approximate surface area is 150 Å². The molecule has 1 amide bonds. The van der Waals surface area contributed by atoms with Crippen molar-refractivity contribution in [1.29, 1.82) is 0 Å². The third kappa shape index (κ3) is 2.89. The van der Waals surface area contributed by atoms with E-state index in [0.29, 0.717) is 6.61 Å². The topological polar surface area (TPSA) is 51.2 Å². The zero-order chi connectivity index (χ0) is 17.4. The summed E-state index contributed by atoms with van der Waals surface area (Å²) in [7, 11) is 0. The SMILES string of the molecule is CC(C)c1c(C(=O)NC2CCOc3ccccc32)sc2cccnc12. The zero-order valence-electron chi connectivity index (χ0n) is 14.3. The fourth-order valence-electron chi connectivity index (χ4n) is 3.37. The summed E-state index contributed by atoms with van der Waals surface area (Å²) in [5.41, 5.74) is 3.03. The number of nitrogens with one attached hydrogen (secondary N) is 1. The number of nitrogens with zero attached hydrogens (tertiary/aromatic N) is 1. The number of pyridine rings is 1. The van der Waals surface area contributed by atoms with E-state index >= 15 is 0 Å². The molecule has 0 radical (unpaired) electrons. The maximum Gasteiger partial charge on any atom is 0.262 e. The Morgan fingerprint density at radius 2 is 2.12 bits per heavy atom. The molecular weight excluding hydrogens is 332 g/mol. The second-order valence-electron chi connectivity index (χ2n) is 6.55. The van der Waals surface area contributed by atoms with E-state index < -0.39 is 0 Å². The molecule has 3 aromatic rings. The van der Waals surface area contributed by atoms with Crippen LogP contribution in [0, 0.1) is 0 Å². The van der Waals surface area contributed by atoms with Gasteiger partial charge in [0.05, 0.1) is 27.7 Å². The van der Waals surface area contributed by atoms with Crippen molar-refractivity contribution in [2.45, 2.75) is 32.2 Å². The van der Waals surface area contributed by atoms with E-state index in [9.17, 15) is 4.79 Å². The van der Waals surface area contributed by atoms with E-state index in [1.165, 1.54) is 11.3 Å². The van der Waals surface area contributed by atoms with E-state index in [1.54, 1.807) is 6.20 Å². The van der Waals surface area contributed by atoms with Crippen LogP contribution >= 0.6 is 11.3 Å². The van der Waals surface area contributed by atoms with Gasteiger partial charge in [-0.1, -0.05) is 32.0 Å². The lowest BCUT2D eigenvalue weighted by atomic mass is 9.99. The zero-order valence-corrected chi connectivity index (χ0v) is 15.1. The van der Waals surface area contributed by atoms with Crippen LogP contribution in [0.3, 0.4) is 0 Å². The fourth-order valence-corrected chi connectivity index (χ4v) is 4.59. The van der Waals surface area contributed by atoms with Crippen molar-refractivity contribution in [3.05, 3.63) is 58.6 Å². The molecule has 25 heavy (non-hydrogen) atoms. The number of hydrogen-bond donors (Lipinski definition) is 1. The smallest absolute Gasteiger partial charge is 0.262 e. The van der Waals surface area contributed by atoms with Gasteiger partial charge in [-0.25, -0.2) is 0 Å². The summed E-state index contributed by atoms with van der Waals surface area (Å²) in [6.45, 7) is 4.83. The Hall–Kier alpha value is -2.40. The molecule has 1 N–H and O–H groups in total. The molecule has 0 aliphatic carbocycles. The van der Waals surface area contributed by atoms with E-state index in [2.05, 4.69) is 24.1 Å². The lowest BCUT2D eigenvalue weighted by molar-refractivity contribution is 0.0928. The van der Waals surface area contributed by atoms with Crippen molar-refractivity contribution >= 4 is 27.5 Å². The number of benzene rings is 1. The first-order chi connectivity index (χ1) is 12.1. The van der Waals surface area contributed by atoms with Gasteiger partial charge in [-0.2, -0.15) is 0 Å². The average Bonchev–Trinajstić information content (AvgIpc) is 3.02. The van der Waals surface area contributed by atoms with Gasteiger partial charge in [-0.05, 0) is 24.1 Å². The highest BCUT2D eigenvalue weighted by Gasteiger charge is 2.26. The summed E-state index contributed by atoms with van der Waals surface area (Å²) in [4.78, 5) is 18.3. The number of amides is 1. The average molecular weight is 352 g/mol. The largest absolute Gasteiger partial charge is 0.493 e. The summed E-state index contributed by atoms with van der Waals surface area (Å²) in [6.07, 6.45) is 2.57. The first-order valence-electron chi connectivity index (χ1n) is 8.55. The number of hydrogen-bond acceptors (Lipinski definition) is 4. The first kappa shape index (κ1) is 16.1. The molecule has 1 unspecified atom stereocenters. The molecule has 4 rings (SSSR count). The molecule has 0 saturated heterocycles. The second kappa shape index (κ2) is 6.48. The Morgan fingerprint density at radius 1 is 1.28 bits per heavy atom. The molecule has 0 saturated carbocycles. The minimum Gasteiger partial charge on any atom is -0.493 e. The van der Waals surface area contributed by atoms with Gasteiger partial charge < -0.3 is 10.1 Å². The molecule has 0 fully saturated rings. The highest BCUT2D eigenvalue weighted by Crippen LogP contribution is 2.36. The number of para-hydroxylation sites is 1. The Kier molecular flexibility index (Phi) is 4.17. The van der Waals surface area contributed by atoms with Crippen molar-refractivity contribution in [3.8, 4) is 5.75 Å². The minimum atomic E-state index is -0.0200. The summed E-state index contributed by atoms with van der Waals surface area (Å²) in [5.74, 6) is 1.08. The Bertz CT molecular complexity index is 932. The molecule has 4 nitrogen and oxygen atoms in total. The molecule has 128 valence electrons. The van der Waals surface area contributed by atoms with Gasteiger partial charge in [0.2, 0.25) is 0 Å². The Morgan fingerprint density at radius 3 is 2.96 bits per heavy atom. The number of carbonyl (C=O) groups is 1. The van der Waals surface area contributed by atoms with Gasteiger partial charge in [0.25, 0.3) is 5.91 Å². The molecular formula is C20H20N2O2S. The van der Waals surface area contributed by atoms with Gasteiger partial charge in [0, 0.05) is 23.7 Å². The molecule has 1 aromatic carbocycles. The van der Waals surface area contributed by atoms with Gasteiger partial charge in [0.1, 0.15) is 5.75 Å². The van der Waals surface area contributed by atoms with Crippen LogP contribution in [0.4, 0.5) is 0 Å². The summed E-state index contributed by atoms with van der Waals surface area (Å²) in [6, 6.07) is 11.8. The molecule has 1 atom stereocenters. The molecule has 2 aromatic heterocycles. The maximum atomic E-state index is 13.0. The van der Waals surface area contributed by atoms with Crippen molar-refractivity contribution in [2.24, 2.45) is 0 Å². The van der Waals surface area contributed by atoms with Crippen molar-refractivity contribution in [1.82, 2.24) is 10.3 Å². The lowest BCUT2D eigenvalue weighted by Crippen LogP contribution is -2.32. The summed E-state index contributed by atoms with van der Waals surface area (Å²) >= 11 is 1.52. The summed E-state index contributed by atoms with van der Waals surface area (Å²) in [5, 5.41) is 3.21. The maximum absolute atomic E-state index is 13.0. The van der Waals surface area contributed by atoms with Crippen LogP contribution in [0.5, 0.6) is 5.75 Å². The van der Waals surface area contributed by atoms with Crippen LogP contribution < -0.4 is 10.1 Å². The van der Waals surface area contributed by atoms with Crippen LogP contribution in [0.25, 0.3) is 10.2 Å². The molecule has 1 aliphatic rings. The summed E-state index contributed by atoms with van der Waals surface area (Å²) < 4.78 is 6.75. The lowest BCUT2D eigenvalue weighted by Gasteiger charge is -2.26. The van der Waals surface area contributed by atoms with Crippen LogP contribution in [-0.2, 0) is 0 Å². The van der Waals surface area contributed by atoms with E-state index in [0.717, 1.165) is 38.4 Å². The van der Waals surface area contributed by atoms with Crippen molar-refractivity contribution in [2.75, 3.05) is 6.61 Å². The monoisotopic (exact) mass is 352 g/mol. The number of fused-ring (bicyclic) bond motifs is 2. The minimum absolute atomic E-state index is 0.0179. The van der Waals surface area contributed by atoms with Gasteiger partial charge in [-0.3, -0.25) is 9.78 Å². The first-order valence-corrected chi connectivity index (χ1v) is 9.37. The Balaban J connectivity index is 1.69. The molecule has 1 aliphatic heterocycles. The van der Waals surface area contributed by atoms with Crippen LogP contribution in [0.1, 0.15) is 53.0 Å². The van der Waals surface area contributed by atoms with Gasteiger partial charge >= 0.3 is 0 Å². The normalized spacial score (nSPS) is 16.5. The number of carbonyl (C=O) groups excluding carboxylic acids is 1. The molecule has 0 spiro atoms. The quantitative estimate of drug-likeness (QED) is 0.745. The van der Waals surface area contributed by atoms with E-state index in [4.69, 9.17) is 4.74 Å². The number of aromatic nitrogens is 1. The van der Waals surface area contributed by atoms with Crippen LogP contribution in [0.2, 0.25) is 0 Å². The van der Waals surface area contributed by atoms with Crippen molar-refractivity contribution < 1.29 is 9.53 Å². The highest BCUT2D eigenvalue weighted by atomic mass is 32.1. The van der Waals surface area contributed by atoms with E-state index in [1.807, 2.05) is 36.4 Å². The number of rotatable bonds is 3. The third-order valence-electron chi connectivity index (χ3n) is 4.53. The second-order valence-corrected chi connectivity index (χ2v) is 7.60. The van der Waals surface area contributed by atoms with Gasteiger partial charge in [0.15, 0.2) is 0 Å². The number of ether oxygens (including phenoxy) is 1. The van der Waals surface area contributed by atoms with Crippen LogP contribution in [0.15, 0.2) is 42.6 Å². The number of thiophene rings is 1. The predicted octanol–water partition coefficient (Wildman–Crippen LogP) is 4.67.